The molecule has 0 unspecified atom stereocenters. The second-order valence-electron chi connectivity index (χ2n) is 4.07. The Morgan fingerprint density at radius 1 is 1.00 bits per heavy atom. The quantitative estimate of drug-likeness (QED) is 0.525. The number of halogens is 1. The van der Waals surface area contributed by atoms with Gasteiger partial charge in [0.1, 0.15) is 11.5 Å². The van der Waals surface area contributed by atoms with Crippen LogP contribution in [-0.4, -0.2) is 16.3 Å². The lowest BCUT2D eigenvalue weighted by Crippen LogP contribution is -1.96. The summed E-state index contributed by atoms with van der Waals surface area (Å²) in [5.41, 5.74) is 1.76. The molecule has 0 N–H and O–H groups in total. The van der Waals surface area contributed by atoms with Crippen LogP contribution < -0.4 is 0 Å². The van der Waals surface area contributed by atoms with Crippen molar-refractivity contribution in [1.82, 2.24) is 9.97 Å². The molecule has 0 aliphatic carbocycles. The summed E-state index contributed by atoms with van der Waals surface area (Å²) in [4.78, 5) is 19.2. The molecule has 0 atom stereocenters. The molecule has 19 heavy (non-hydrogen) atoms. The maximum absolute atomic E-state index is 11.2. The molecule has 0 aliphatic rings. The maximum atomic E-state index is 11.2. The molecule has 3 rings (SSSR count). The third-order valence-electron chi connectivity index (χ3n) is 3.00. The second-order valence-corrected chi connectivity index (χ2v) is 4.43. The maximum Gasteiger partial charge on any atom is 0.155 e. The first kappa shape index (κ1) is 11.8. The first-order valence-corrected chi connectivity index (χ1v) is 6.13. The van der Waals surface area contributed by atoms with Crippen LogP contribution in [0.25, 0.3) is 22.0 Å². The number of carbonyl (C=O) groups is 1. The molecule has 0 aliphatic heterocycles. The molecule has 0 amide bonds. The third kappa shape index (κ3) is 1.98. The van der Waals surface area contributed by atoms with Gasteiger partial charge in [0.15, 0.2) is 6.29 Å². The lowest BCUT2D eigenvalue weighted by Gasteiger charge is -2.08. The number of carbonyl (C=O) groups excluding carboxylic acids is 1. The van der Waals surface area contributed by atoms with Crippen LogP contribution in [0.3, 0.4) is 0 Å². The SMILES string of the molecule is O=Cc1c(Cl)ncnc1-c1cccc2ccccc12. The zero-order chi connectivity index (χ0) is 13.2. The van der Waals surface area contributed by atoms with E-state index in [1.165, 1.54) is 6.33 Å². The highest BCUT2D eigenvalue weighted by Crippen LogP contribution is 2.30. The molecule has 1 aromatic heterocycles. The number of aromatic nitrogens is 2. The highest BCUT2D eigenvalue weighted by atomic mass is 35.5. The van der Waals surface area contributed by atoms with Gasteiger partial charge in [0, 0.05) is 5.56 Å². The van der Waals surface area contributed by atoms with Crippen molar-refractivity contribution in [2.24, 2.45) is 0 Å². The van der Waals surface area contributed by atoms with E-state index in [1.807, 2.05) is 42.5 Å². The van der Waals surface area contributed by atoms with Crippen LogP contribution in [0.4, 0.5) is 0 Å². The monoisotopic (exact) mass is 268 g/mol. The summed E-state index contributed by atoms with van der Waals surface area (Å²) < 4.78 is 0. The summed E-state index contributed by atoms with van der Waals surface area (Å²) in [6.45, 7) is 0. The van der Waals surface area contributed by atoms with Crippen molar-refractivity contribution in [3.63, 3.8) is 0 Å². The Morgan fingerprint density at radius 2 is 1.79 bits per heavy atom. The Balaban J connectivity index is 2.37. The van der Waals surface area contributed by atoms with Gasteiger partial charge >= 0.3 is 0 Å². The normalized spacial score (nSPS) is 10.6. The van der Waals surface area contributed by atoms with E-state index in [9.17, 15) is 4.79 Å². The molecule has 4 heteroatoms. The Kier molecular flexibility index (Phi) is 2.97. The summed E-state index contributed by atoms with van der Waals surface area (Å²) in [5.74, 6) is 0. The van der Waals surface area contributed by atoms with Crippen molar-refractivity contribution < 1.29 is 4.79 Å². The Labute approximate surface area is 114 Å². The average molecular weight is 269 g/mol. The fourth-order valence-electron chi connectivity index (χ4n) is 2.13. The number of fused-ring (bicyclic) bond motifs is 1. The summed E-state index contributed by atoms with van der Waals surface area (Å²) in [5, 5.41) is 2.29. The first-order valence-electron chi connectivity index (χ1n) is 5.75. The van der Waals surface area contributed by atoms with Crippen molar-refractivity contribution in [3.8, 4) is 11.3 Å². The van der Waals surface area contributed by atoms with E-state index in [-0.39, 0.29) is 5.15 Å². The number of nitrogens with zero attached hydrogens (tertiary/aromatic N) is 2. The summed E-state index contributed by atoms with van der Waals surface area (Å²) >= 11 is 5.95. The average Bonchev–Trinajstić information content (AvgIpc) is 2.46. The number of rotatable bonds is 2. The Bertz CT molecular complexity index is 766. The van der Waals surface area contributed by atoms with E-state index in [0.29, 0.717) is 17.5 Å². The molecule has 0 fully saturated rings. The van der Waals surface area contributed by atoms with Crippen molar-refractivity contribution in [3.05, 3.63) is 59.5 Å². The molecule has 92 valence electrons. The molecular weight excluding hydrogens is 260 g/mol. The topological polar surface area (TPSA) is 42.9 Å². The lowest BCUT2D eigenvalue weighted by molar-refractivity contribution is 0.112. The minimum Gasteiger partial charge on any atom is -0.298 e. The fraction of sp³-hybridized carbons (Fsp3) is 0. The largest absolute Gasteiger partial charge is 0.298 e. The zero-order valence-corrected chi connectivity index (χ0v) is 10.6. The standard InChI is InChI=1S/C15H9ClN2O/c16-15-13(8-19)14(17-9-18-15)12-7-3-5-10-4-1-2-6-11(10)12/h1-9H. The van der Waals surface area contributed by atoms with Crippen molar-refractivity contribution in [1.29, 1.82) is 0 Å². The van der Waals surface area contributed by atoms with Crippen molar-refractivity contribution >= 4 is 28.7 Å². The van der Waals surface area contributed by atoms with Gasteiger partial charge in [-0.3, -0.25) is 4.79 Å². The van der Waals surface area contributed by atoms with Gasteiger partial charge in [-0.1, -0.05) is 54.1 Å². The fourth-order valence-corrected chi connectivity index (χ4v) is 2.30. The van der Waals surface area contributed by atoms with Gasteiger partial charge in [-0.2, -0.15) is 0 Å². The molecule has 0 saturated heterocycles. The Morgan fingerprint density at radius 3 is 2.63 bits per heavy atom. The molecule has 2 aromatic carbocycles. The minimum absolute atomic E-state index is 0.174. The molecule has 0 saturated carbocycles. The molecule has 0 bridgehead atoms. The highest BCUT2D eigenvalue weighted by molar-refractivity contribution is 6.32. The van der Waals surface area contributed by atoms with Crippen molar-refractivity contribution in [2.75, 3.05) is 0 Å². The van der Waals surface area contributed by atoms with Crippen LogP contribution in [0.5, 0.6) is 0 Å². The third-order valence-corrected chi connectivity index (χ3v) is 3.30. The number of hydrogen-bond donors (Lipinski definition) is 0. The van der Waals surface area contributed by atoms with E-state index in [0.717, 1.165) is 16.3 Å². The second kappa shape index (κ2) is 4.78. The van der Waals surface area contributed by atoms with Gasteiger partial charge in [0.2, 0.25) is 0 Å². The van der Waals surface area contributed by atoms with Gasteiger partial charge in [0.05, 0.1) is 11.3 Å². The van der Waals surface area contributed by atoms with Gasteiger partial charge in [-0.25, -0.2) is 9.97 Å². The number of aldehydes is 1. The van der Waals surface area contributed by atoms with E-state index in [1.54, 1.807) is 0 Å². The summed E-state index contributed by atoms with van der Waals surface area (Å²) in [6.07, 6.45) is 2.06. The van der Waals surface area contributed by atoms with E-state index in [4.69, 9.17) is 11.6 Å². The van der Waals surface area contributed by atoms with E-state index < -0.39 is 0 Å². The highest BCUT2D eigenvalue weighted by Gasteiger charge is 2.13. The summed E-state index contributed by atoms with van der Waals surface area (Å²) in [7, 11) is 0. The number of hydrogen-bond acceptors (Lipinski definition) is 3. The van der Waals surface area contributed by atoms with Gasteiger partial charge in [0.25, 0.3) is 0 Å². The lowest BCUT2D eigenvalue weighted by atomic mass is 10.00. The predicted octanol–water partition coefficient (Wildman–Crippen LogP) is 3.76. The van der Waals surface area contributed by atoms with Crippen LogP contribution in [0.2, 0.25) is 5.15 Å². The van der Waals surface area contributed by atoms with Crippen LogP contribution >= 0.6 is 11.6 Å². The molecule has 3 aromatic rings. The van der Waals surface area contributed by atoms with Gasteiger partial charge < -0.3 is 0 Å². The van der Waals surface area contributed by atoms with Gasteiger partial charge in [-0.15, -0.1) is 0 Å². The van der Waals surface area contributed by atoms with Crippen LogP contribution in [0.15, 0.2) is 48.8 Å². The molecule has 1 heterocycles. The molecule has 3 nitrogen and oxygen atoms in total. The zero-order valence-electron chi connectivity index (χ0n) is 9.88. The van der Waals surface area contributed by atoms with E-state index >= 15 is 0 Å². The smallest absolute Gasteiger partial charge is 0.155 e. The number of benzene rings is 2. The van der Waals surface area contributed by atoms with Gasteiger partial charge in [-0.05, 0) is 10.8 Å². The van der Waals surface area contributed by atoms with Crippen LogP contribution in [0, 0.1) is 0 Å². The predicted molar refractivity (Wildman–Crippen MR) is 75.4 cm³/mol. The first-order chi connectivity index (χ1) is 9.31. The minimum atomic E-state index is 0.174. The Hall–Kier alpha value is -2.26. The van der Waals surface area contributed by atoms with Crippen molar-refractivity contribution in [2.45, 2.75) is 0 Å². The van der Waals surface area contributed by atoms with Crippen LogP contribution in [0.1, 0.15) is 10.4 Å². The van der Waals surface area contributed by atoms with Crippen LogP contribution in [-0.2, 0) is 0 Å². The molecular formula is C15H9ClN2O. The molecule has 0 spiro atoms. The summed E-state index contributed by atoms with van der Waals surface area (Å²) in [6, 6.07) is 13.8. The molecule has 0 radical (unpaired) electrons. The van der Waals surface area contributed by atoms with E-state index in [2.05, 4.69) is 9.97 Å².